The van der Waals surface area contributed by atoms with Gasteiger partial charge < -0.3 is 5.32 Å². The van der Waals surface area contributed by atoms with Crippen LogP contribution < -0.4 is 5.32 Å². The first-order chi connectivity index (χ1) is 11.8. The molecular weight excluding hydrogens is 318 g/mol. The maximum atomic E-state index is 12.0. The van der Waals surface area contributed by atoms with E-state index in [0.29, 0.717) is 11.6 Å². The van der Waals surface area contributed by atoms with Crippen molar-refractivity contribution < 1.29 is 4.79 Å². The molecule has 0 spiro atoms. The van der Waals surface area contributed by atoms with E-state index in [0.717, 1.165) is 24.3 Å². The Balaban J connectivity index is 1.45. The molecule has 3 rings (SSSR count). The summed E-state index contributed by atoms with van der Waals surface area (Å²) in [7, 11) is 0. The first-order valence-electron chi connectivity index (χ1n) is 8.00. The normalized spacial score (nSPS) is 10.5. The van der Waals surface area contributed by atoms with Crippen LogP contribution in [0.15, 0.2) is 60.7 Å². The predicted octanol–water partition coefficient (Wildman–Crippen LogP) is 4.09. The summed E-state index contributed by atoms with van der Waals surface area (Å²) in [6.45, 7) is 0. The Kier molecular flexibility index (Phi) is 5.69. The number of carbonyl (C=O) groups excluding carboxylic acids is 1. The molecular formula is C19H19N3OS. The SMILES string of the molecule is O=C(CCCc1ccccc1)Nc1nnc(Cc2ccccc2)s1. The van der Waals surface area contributed by atoms with E-state index in [1.165, 1.54) is 22.5 Å². The number of nitrogens with zero attached hydrogens (tertiary/aromatic N) is 2. The minimum absolute atomic E-state index is 0.00616. The monoisotopic (exact) mass is 337 g/mol. The second-order valence-corrected chi connectivity index (χ2v) is 6.61. The lowest BCUT2D eigenvalue weighted by atomic mass is 10.1. The second kappa shape index (κ2) is 8.36. The molecule has 0 aliphatic carbocycles. The molecule has 0 saturated heterocycles. The fraction of sp³-hybridized carbons (Fsp3) is 0.211. The van der Waals surface area contributed by atoms with Crippen LogP contribution in [0.5, 0.6) is 0 Å². The third-order valence-electron chi connectivity index (χ3n) is 3.62. The summed E-state index contributed by atoms with van der Waals surface area (Å²) < 4.78 is 0. The van der Waals surface area contributed by atoms with Crippen molar-refractivity contribution >= 4 is 22.4 Å². The number of nitrogens with one attached hydrogen (secondary N) is 1. The van der Waals surface area contributed by atoms with Gasteiger partial charge in [-0.15, -0.1) is 10.2 Å². The molecule has 4 nitrogen and oxygen atoms in total. The van der Waals surface area contributed by atoms with Crippen molar-refractivity contribution in [1.29, 1.82) is 0 Å². The number of aromatic nitrogens is 2. The maximum Gasteiger partial charge on any atom is 0.226 e. The molecule has 5 heteroatoms. The number of aryl methyl sites for hydroxylation is 1. The van der Waals surface area contributed by atoms with E-state index in [9.17, 15) is 4.79 Å². The summed E-state index contributed by atoms with van der Waals surface area (Å²) in [5, 5.41) is 12.5. The predicted molar refractivity (Wildman–Crippen MR) is 97.2 cm³/mol. The summed E-state index contributed by atoms with van der Waals surface area (Å²) in [4.78, 5) is 12.0. The third-order valence-corrected chi connectivity index (χ3v) is 4.46. The van der Waals surface area contributed by atoms with Crippen molar-refractivity contribution in [2.45, 2.75) is 25.7 Å². The lowest BCUT2D eigenvalue weighted by Crippen LogP contribution is -2.11. The minimum Gasteiger partial charge on any atom is -0.301 e. The van der Waals surface area contributed by atoms with Crippen molar-refractivity contribution in [2.24, 2.45) is 0 Å². The Hall–Kier alpha value is -2.53. The van der Waals surface area contributed by atoms with E-state index in [1.54, 1.807) is 0 Å². The molecule has 1 amide bonds. The van der Waals surface area contributed by atoms with Gasteiger partial charge in [0.15, 0.2) is 0 Å². The first-order valence-corrected chi connectivity index (χ1v) is 8.81. The van der Waals surface area contributed by atoms with E-state index in [4.69, 9.17) is 0 Å². The zero-order valence-electron chi connectivity index (χ0n) is 13.3. The van der Waals surface area contributed by atoms with Crippen LogP contribution in [0.4, 0.5) is 5.13 Å². The van der Waals surface area contributed by atoms with E-state index in [-0.39, 0.29) is 5.91 Å². The zero-order valence-corrected chi connectivity index (χ0v) is 14.1. The molecule has 3 aromatic rings. The van der Waals surface area contributed by atoms with Crippen LogP contribution in [0.25, 0.3) is 0 Å². The van der Waals surface area contributed by atoms with Gasteiger partial charge in [-0.25, -0.2) is 0 Å². The molecule has 2 aromatic carbocycles. The van der Waals surface area contributed by atoms with Gasteiger partial charge in [0.05, 0.1) is 0 Å². The van der Waals surface area contributed by atoms with Crippen LogP contribution in [0.1, 0.15) is 29.0 Å². The summed E-state index contributed by atoms with van der Waals surface area (Å²) in [6.07, 6.45) is 2.96. The van der Waals surface area contributed by atoms with Crippen LogP contribution in [0.3, 0.4) is 0 Å². The van der Waals surface area contributed by atoms with Gasteiger partial charge in [0.2, 0.25) is 11.0 Å². The zero-order chi connectivity index (χ0) is 16.6. The highest BCUT2D eigenvalue weighted by Gasteiger charge is 2.08. The van der Waals surface area contributed by atoms with E-state index in [2.05, 4.69) is 39.8 Å². The fourth-order valence-corrected chi connectivity index (χ4v) is 3.22. The molecule has 0 bridgehead atoms. The Labute approximate surface area is 145 Å². The molecule has 0 unspecified atom stereocenters. The smallest absolute Gasteiger partial charge is 0.226 e. The first kappa shape index (κ1) is 16.3. The number of benzene rings is 2. The molecule has 1 N–H and O–H groups in total. The molecule has 1 aromatic heterocycles. The Morgan fingerprint density at radius 3 is 2.29 bits per heavy atom. The molecule has 0 saturated carbocycles. The van der Waals surface area contributed by atoms with Crippen molar-refractivity contribution in [1.82, 2.24) is 10.2 Å². The largest absolute Gasteiger partial charge is 0.301 e. The van der Waals surface area contributed by atoms with Crippen LogP contribution in [0, 0.1) is 0 Å². The molecule has 122 valence electrons. The number of hydrogen-bond acceptors (Lipinski definition) is 4. The highest BCUT2D eigenvalue weighted by Crippen LogP contribution is 2.19. The highest BCUT2D eigenvalue weighted by atomic mass is 32.1. The van der Waals surface area contributed by atoms with Gasteiger partial charge in [0, 0.05) is 12.8 Å². The Bertz CT molecular complexity index is 772. The lowest BCUT2D eigenvalue weighted by Gasteiger charge is -2.02. The number of anilines is 1. The van der Waals surface area contributed by atoms with Gasteiger partial charge in [-0.05, 0) is 24.0 Å². The topological polar surface area (TPSA) is 54.9 Å². The minimum atomic E-state index is -0.00616. The highest BCUT2D eigenvalue weighted by molar-refractivity contribution is 7.15. The molecule has 0 aliphatic heterocycles. The third kappa shape index (κ3) is 4.99. The van der Waals surface area contributed by atoms with Crippen molar-refractivity contribution in [3.05, 3.63) is 76.8 Å². The standard InChI is InChI=1S/C19H19N3OS/c23-17(13-7-12-15-8-3-1-4-9-15)20-19-22-21-18(24-19)14-16-10-5-2-6-11-16/h1-6,8-11H,7,12-14H2,(H,20,22,23). The summed E-state index contributed by atoms with van der Waals surface area (Å²) in [5.41, 5.74) is 2.45. The number of amides is 1. The van der Waals surface area contributed by atoms with Gasteiger partial charge in [-0.2, -0.15) is 0 Å². The number of hydrogen-bond donors (Lipinski definition) is 1. The van der Waals surface area contributed by atoms with E-state index in [1.807, 2.05) is 36.4 Å². The van der Waals surface area contributed by atoms with E-state index < -0.39 is 0 Å². The summed E-state index contributed by atoms with van der Waals surface area (Å²) in [6, 6.07) is 20.3. The van der Waals surface area contributed by atoms with Crippen LogP contribution in [-0.4, -0.2) is 16.1 Å². The Morgan fingerprint density at radius 2 is 1.58 bits per heavy atom. The van der Waals surface area contributed by atoms with Crippen molar-refractivity contribution in [3.8, 4) is 0 Å². The number of carbonyl (C=O) groups is 1. The number of rotatable bonds is 7. The Morgan fingerprint density at radius 1 is 0.917 bits per heavy atom. The maximum absolute atomic E-state index is 12.0. The van der Waals surface area contributed by atoms with Gasteiger partial charge in [-0.3, -0.25) is 4.79 Å². The van der Waals surface area contributed by atoms with Crippen LogP contribution in [-0.2, 0) is 17.6 Å². The molecule has 0 atom stereocenters. The molecule has 0 aliphatic rings. The second-order valence-electron chi connectivity index (χ2n) is 5.55. The average Bonchev–Trinajstić information content (AvgIpc) is 3.03. The van der Waals surface area contributed by atoms with Gasteiger partial charge in [0.1, 0.15) is 5.01 Å². The molecule has 0 fully saturated rings. The average molecular weight is 337 g/mol. The molecule has 0 radical (unpaired) electrons. The fourth-order valence-electron chi connectivity index (χ4n) is 2.43. The van der Waals surface area contributed by atoms with Crippen molar-refractivity contribution in [2.75, 3.05) is 5.32 Å². The quantitative estimate of drug-likeness (QED) is 0.706. The van der Waals surface area contributed by atoms with Crippen molar-refractivity contribution in [3.63, 3.8) is 0 Å². The molecule has 24 heavy (non-hydrogen) atoms. The summed E-state index contributed by atoms with van der Waals surface area (Å²) >= 11 is 1.43. The van der Waals surface area contributed by atoms with Gasteiger partial charge in [-0.1, -0.05) is 72.0 Å². The van der Waals surface area contributed by atoms with Gasteiger partial charge in [0.25, 0.3) is 0 Å². The van der Waals surface area contributed by atoms with Crippen LogP contribution in [0.2, 0.25) is 0 Å². The van der Waals surface area contributed by atoms with Crippen LogP contribution >= 0.6 is 11.3 Å². The van der Waals surface area contributed by atoms with E-state index >= 15 is 0 Å². The lowest BCUT2D eigenvalue weighted by molar-refractivity contribution is -0.116. The molecule has 1 heterocycles. The summed E-state index contributed by atoms with van der Waals surface area (Å²) in [5.74, 6) is -0.00616. The van der Waals surface area contributed by atoms with Gasteiger partial charge >= 0.3 is 0 Å².